The minimum absolute atomic E-state index is 0.250. The van der Waals surface area contributed by atoms with Crippen LogP contribution in [0.5, 0.6) is 0 Å². The monoisotopic (exact) mass is 269 g/mol. The van der Waals surface area contributed by atoms with Gasteiger partial charge in [-0.3, -0.25) is 19.1 Å². The van der Waals surface area contributed by atoms with E-state index in [9.17, 15) is 9.59 Å². The van der Waals surface area contributed by atoms with Crippen LogP contribution in [0.15, 0.2) is 36.7 Å². The highest BCUT2D eigenvalue weighted by molar-refractivity contribution is 6.19. The van der Waals surface area contributed by atoms with E-state index in [1.165, 1.54) is 11.2 Å². The zero-order valence-electron chi connectivity index (χ0n) is 11.2. The molecule has 0 saturated carbocycles. The van der Waals surface area contributed by atoms with Crippen molar-refractivity contribution in [3.05, 3.63) is 48.0 Å². The van der Waals surface area contributed by atoms with E-state index in [0.29, 0.717) is 12.2 Å². The zero-order chi connectivity index (χ0) is 14.1. The van der Waals surface area contributed by atoms with Crippen molar-refractivity contribution in [3.63, 3.8) is 0 Å². The smallest absolute Gasteiger partial charge is 0.281 e. The van der Waals surface area contributed by atoms with Gasteiger partial charge in [0, 0.05) is 12.2 Å². The molecule has 0 radical (unpaired) electrons. The number of benzene rings is 1. The van der Waals surface area contributed by atoms with Crippen LogP contribution in [0.2, 0.25) is 0 Å². The van der Waals surface area contributed by atoms with Crippen molar-refractivity contribution < 1.29 is 9.59 Å². The molecule has 1 aromatic carbocycles. The second-order valence-electron chi connectivity index (χ2n) is 4.76. The third-order valence-electron chi connectivity index (χ3n) is 3.43. The number of carbonyl (C=O) groups is 2. The highest BCUT2D eigenvalue weighted by Crippen LogP contribution is 2.24. The standard InChI is InChI=1S/C15H15N3O2/c1-2-3-9-17-14(19)12-13(15(17)20)18(10-16-12)11-7-5-4-6-8-11/h4-8,10H,2-3,9H2,1H3. The van der Waals surface area contributed by atoms with E-state index in [0.717, 1.165) is 18.5 Å². The summed E-state index contributed by atoms with van der Waals surface area (Å²) in [5.74, 6) is -0.534. The summed E-state index contributed by atoms with van der Waals surface area (Å²) in [6.07, 6.45) is 3.29. The quantitative estimate of drug-likeness (QED) is 0.800. The Morgan fingerprint density at radius 2 is 1.85 bits per heavy atom. The van der Waals surface area contributed by atoms with Gasteiger partial charge < -0.3 is 0 Å². The van der Waals surface area contributed by atoms with Crippen molar-refractivity contribution in [1.29, 1.82) is 0 Å². The van der Waals surface area contributed by atoms with Gasteiger partial charge in [0.25, 0.3) is 11.8 Å². The maximum atomic E-state index is 12.4. The number of rotatable bonds is 4. The Hall–Kier alpha value is -2.43. The summed E-state index contributed by atoms with van der Waals surface area (Å²) in [5, 5.41) is 0. The first-order valence-corrected chi connectivity index (χ1v) is 6.73. The molecule has 0 spiro atoms. The number of amides is 2. The Balaban J connectivity index is 2.01. The number of imide groups is 1. The normalized spacial score (nSPS) is 13.9. The predicted octanol–water partition coefficient (Wildman–Crippen LogP) is 2.27. The number of aromatic nitrogens is 2. The fraction of sp³-hybridized carbons (Fsp3) is 0.267. The van der Waals surface area contributed by atoms with Crippen LogP contribution in [0, 0.1) is 0 Å². The molecule has 0 aliphatic carbocycles. The lowest BCUT2D eigenvalue weighted by atomic mass is 10.3. The maximum absolute atomic E-state index is 12.4. The molecular formula is C15H15N3O2. The second kappa shape index (κ2) is 4.92. The molecule has 2 heterocycles. The predicted molar refractivity (Wildman–Crippen MR) is 73.8 cm³/mol. The molecule has 3 rings (SSSR count). The molecule has 5 heteroatoms. The first kappa shape index (κ1) is 12.6. The van der Waals surface area contributed by atoms with Crippen LogP contribution in [-0.2, 0) is 0 Å². The number of hydrogen-bond donors (Lipinski definition) is 0. The van der Waals surface area contributed by atoms with Crippen LogP contribution in [0.1, 0.15) is 40.7 Å². The Kier molecular flexibility index (Phi) is 3.10. The van der Waals surface area contributed by atoms with Crippen molar-refractivity contribution in [2.24, 2.45) is 0 Å². The van der Waals surface area contributed by atoms with Crippen LogP contribution >= 0.6 is 0 Å². The molecule has 0 saturated heterocycles. The van der Waals surface area contributed by atoms with Crippen molar-refractivity contribution >= 4 is 11.8 Å². The summed E-state index contributed by atoms with van der Waals surface area (Å²) in [7, 11) is 0. The Morgan fingerprint density at radius 3 is 2.55 bits per heavy atom. The molecule has 0 atom stereocenters. The van der Waals surface area contributed by atoms with E-state index >= 15 is 0 Å². The topological polar surface area (TPSA) is 55.2 Å². The first-order valence-electron chi connectivity index (χ1n) is 6.73. The molecular weight excluding hydrogens is 254 g/mol. The lowest BCUT2D eigenvalue weighted by Crippen LogP contribution is -2.31. The number of para-hydroxylation sites is 1. The molecule has 0 unspecified atom stereocenters. The minimum atomic E-state index is -0.284. The molecule has 0 N–H and O–H groups in total. The summed E-state index contributed by atoms with van der Waals surface area (Å²) in [6, 6.07) is 9.44. The number of nitrogens with zero attached hydrogens (tertiary/aromatic N) is 3. The number of unbranched alkanes of at least 4 members (excludes halogenated alkanes) is 1. The van der Waals surface area contributed by atoms with Gasteiger partial charge >= 0.3 is 0 Å². The van der Waals surface area contributed by atoms with Crippen LogP contribution in [-0.4, -0.2) is 32.8 Å². The van der Waals surface area contributed by atoms with Gasteiger partial charge in [0.05, 0.1) is 0 Å². The Bertz CT molecular complexity index is 661. The van der Waals surface area contributed by atoms with Crippen molar-refractivity contribution in [2.45, 2.75) is 19.8 Å². The summed E-state index contributed by atoms with van der Waals surface area (Å²) in [6.45, 7) is 2.49. The largest absolute Gasteiger partial charge is 0.294 e. The van der Waals surface area contributed by atoms with E-state index in [4.69, 9.17) is 0 Å². The van der Waals surface area contributed by atoms with Crippen LogP contribution < -0.4 is 0 Å². The van der Waals surface area contributed by atoms with E-state index in [2.05, 4.69) is 4.98 Å². The average Bonchev–Trinajstić information content (AvgIpc) is 3.01. The SMILES string of the molecule is CCCCN1C(=O)c2ncn(-c3ccccc3)c2C1=O. The second-order valence-corrected chi connectivity index (χ2v) is 4.76. The molecule has 1 aliphatic rings. The van der Waals surface area contributed by atoms with Crippen molar-refractivity contribution in [3.8, 4) is 5.69 Å². The van der Waals surface area contributed by atoms with Gasteiger partial charge in [-0.1, -0.05) is 31.5 Å². The van der Waals surface area contributed by atoms with Crippen molar-refractivity contribution in [1.82, 2.24) is 14.5 Å². The summed E-state index contributed by atoms with van der Waals surface area (Å²) >= 11 is 0. The van der Waals surface area contributed by atoms with Crippen LogP contribution in [0.4, 0.5) is 0 Å². The van der Waals surface area contributed by atoms with Gasteiger partial charge in [0.2, 0.25) is 0 Å². The summed E-state index contributed by atoms with van der Waals surface area (Å²) in [5.41, 5.74) is 1.46. The molecule has 2 amide bonds. The van der Waals surface area contributed by atoms with Gasteiger partial charge in [0.1, 0.15) is 12.0 Å². The van der Waals surface area contributed by atoms with E-state index in [1.807, 2.05) is 37.3 Å². The van der Waals surface area contributed by atoms with Gasteiger partial charge in [-0.25, -0.2) is 4.98 Å². The van der Waals surface area contributed by atoms with Crippen molar-refractivity contribution in [2.75, 3.05) is 6.54 Å². The fourth-order valence-electron chi connectivity index (χ4n) is 2.36. The highest BCUT2D eigenvalue weighted by Gasteiger charge is 2.39. The molecule has 1 aromatic heterocycles. The first-order chi connectivity index (χ1) is 9.74. The third-order valence-corrected chi connectivity index (χ3v) is 3.43. The van der Waals surface area contributed by atoms with Gasteiger partial charge in [-0.15, -0.1) is 0 Å². The molecule has 0 fully saturated rings. The number of carbonyl (C=O) groups excluding carboxylic acids is 2. The van der Waals surface area contributed by atoms with Gasteiger partial charge in [-0.2, -0.15) is 0 Å². The van der Waals surface area contributed by atoms with E-state index in [-0.39, 0.29) is 17.5 Å². The van der Waals surface area contributed by atoms with E-state index < -0.39 is 0 Å². The van der Waals surface area contributed by atoms with Gasteiger partial charge in [-0.05, 0) is 18.6 Å². The van der Waals surface area contributed by atoms with Gasteiger partial charge in [0.15, 0.2) is 5.69 Å². The zero-order valence-corrected chi connectivity index (χ0v) is 11.2. The minimum Gasteiger partial charge on any atom is -0.294 e. The lowest BCUT2D eigenvalue weighted by molar-refractivity contribution is 0.0646. The number of fused-ring (bicyclic) bond motifs is 1. The average molecular weight is 269 g/mol. The molecule has 20 heavy (non-hydrogen) atoms. The van der Waals surface area contributed by atoms with Crippen LogP contribution in [0.3, 0.4) is 0 Å². The molecule has 5 nitrogen and oxygen atoms in total. The third kappa shape index (κ3) is 1.82. The summed E-state index contributed by atoms with van der Waals surface area (Å²) in [4.78, 5) is 30.0. The Morgan fingerprint density at radius 1 is 1.10 bits per heavy atom. The lowest BCUT2D eigenvalue weighted by Gasteiger charge is -2.13. The highest BCUT2D eigenvalue weighted by atomic mass is 16.2. The summed E-state index contributed by atoms with van der Waals surface area (Å²) < 4.78 is 1.68. The molecule has 102 valence electrons. The Labute approximate surface area is 116 Å². The molecule has 0 bridgehead atoms. The van der Waals surface area contributed by atoms with E-state index in [1.54, 1.807) is 4.57 Å². The van der Waals surface area contributed by atoms with Crippen LogP contribution in [0.25, 0.3) is 5.69 Å². The molecule has 2 aromatic rings. The number of hydrogen-bond acceptors (Lipinski definition) is 3. The molecule has 1 aliphatic heterocycles. The fourth-order valence-corrected chi connectivity index (χ4v) is 2.36. The maximum Gasteiger partial charge on any atom is 0.281 e. The number of imidazole rings is 1.